The summed E-state index contributed by atoms with van der Waals surface area (Å²) < 4.78 is 2.40. The Hall–Kier alpha value is -2.76. The molecule has 22 heavy (non-hydrogen) atoms. The molecular weight excluding hydrogens is 280 g/mol. The molecule has 0 atom stereocenters. The molecule has 1 heterocycles. The SMILES string of the molecule is C=CCN(Cc1ccccc1)c1c(N)c(=O)n(C)c(=O)n1C. The lowest BCUT2D eigenvalue weighted by atomic mass is 10.2. The molecule has 6 nitrogen and oxygen atoms in total. The molecule has 0 aliphatic rings. The third-order valence-electron chi connectivity index (χ3n) is 3.53. The van der Waals surface area contributed by atoms with Crippen LogP contribution >= 0.6 is 0 Å². The van der Waals surface area contributed by atoms with Crippen molar-refractivity contribution in [3.8, 4) is 0 Å². The molecule has 1 aromatic carbocycles. The zero-order valence-electron chi connectivity index (χ0n) is 12.8. The molecule has 0 fully saturated rings. The van der Waals surface area contributed by atoms with Crippen molar-refractivity contribution in [2.75, 3.05) is 17.2 Å². The first-order valence-corrected chi connectivity index (χ1v) is 6.92. The lowest BCUT2D eigenvalue weighted by Crippen LogP contribution is -2.42. The van der Waals surface area contributed by atoms with Crippen LogP contribution in [-0.2, 0) is 20.6 Å². The van der Waals surface area contributed by atoms with Crippen LogP contribution in [0.2, 0.25) is 0 Å². The van der Waals surface area contributed by atoms with E-state index < -0.39 is 11.2 Å². The molecule has 0 saturated carbocycles. The molecule has 6 heteroatoms. The molecule has 2 aromatic rings. The fraction of sp³-hybridized carbons (Fsp3) is 0.250. The van der Waals surface area contributed by atoms with Crippen molar-refractivity contribution in [3.05, 3.63) is 69.4 Å². The molecule has 1 aromatic heterocycles. The Labute approximate surface area is 128 Å². The van der Waals surface area contributed by atoms with Crippen LogP contribution in [0.1, 0.15) is 5.56 Å². The van der Waals surface area contributed by atoms with E-state index in [0.717, 1.165) is 10.1 Å². The van der Waals surface area contributed by atoms with E-state index in [0.29, 0.717) is 18.9 Å². The highest BCUT2D eigenvalue weighted by Crippen LogP contribution is 2.19. The van der Waals surface area contributed by atoms with Crippen molar-refractivity contribution < 1.29 is 0 Å². The number of hydrogen-bond acceptors (Lipinski definition) is 4. The van der Waals surface area contributed by atoms with E-state index in [1.165, 1.54) is 11.6 Å². The van der Waals surface area contributed by atoms with E-state index in [1.807, 2.05) is 35.2 Å². The molecule has 0 saturated heterocycles. The molecule has 0 unspecified atom stereocenters. The van der Waals surface area contributed by atoms with E-state index in [1.54, 1.807) is 13.1 Å². The van der Waals surface area contributed by atoms with Crippen LogP contribution in [0.25, 0.3) is 0 Å². The summed E-state index contributed by atoms with van der Waals surface area (Å²) in [6.45, 7) is 4.73. The summed E-state index contributed by atoms with van der Waals surface area (Å²) in [7, 11) is 3.02. The van der Waals surface area contributed by atoms with Crippen molar-refractivity contribution in [3.63, 3.8) is 0 Å². The largest absolute Gasteiger partial charge is 0.391 e. The number of hydrogen-bond donors (Lipinski definition) is 1. The summed E-state index contributed by atoms with van der Waals surface area (Å²) in [6.07, 6.45) is 1.71. The van der Waals surface area contributed by atoms with Gasteiger partial charge in [0.05, 0.1) is 0 Å². The maximum Gasteiger partial charge on any atom is 0.332 e. The van der Waals surface area contributed by atoms with Gasteiger partial charge in [-0.25, -0.2) is 4.79 Å². The first-order valence-electron chi connectivity index (χ1n) is 6.92. The highest BCUT2D eigenvalue weighted by atomic mass is 16.2. The van der Waals surface area contributed by atoms with Crippen LogP contribution in [0.3, 0.4) is 0 Å². The summed E-state index contributed by atoms with van der Waals surface area (Å²) in [5, 5.41) is 0. The minimum absolute atomic E-state index is 0.0578. The smallest absolute Gasteiger partial charge is 0.332 e. The molecule has 2 N–H and O–H groups in total. The van der Waals surface area contributed by atoms with Gasteiger partial charge in [-0.15, -0.1) is 6.58 Å². The minimum atomic E-state index is -0.486. The molecule has 0 amide bonds. The zero-order valence-corrected chi connectivity index (χ0v) is 12.8. The maximum absolute atomic E-state index is 12.1. The molecule has 116 valence electrons. The average molecular weight is 300 g/mol. The number of nitrogens with two attached hydrogens (primary N) is 1. The minimum Gasteiger partial charge on any atom is -0.391 e. The van der Waals surface area contributed by atoms with Gasteiger partial charge in [0.25, 0.3) is 5.56 Å². The zero-order chi connectivity index (χ0) is 16.3. The summed E-state index contributed by atoms with van der Waals surface area (Å²) in [5.41, 5.74) is 6.19. The number of rotatable bonds is 5. The molecule has 0 radical (unpaired) electrons. The van der Waals surface area contributed by atoms with Gasteiger partial charge in [0.2, 0.25) is 0 Å². The van der Waals surface area contributed by atoms with Gasteiger partial charge in [0.15, 0.2) is 0 Å². The van der Waals surface area contributed by atoms with Crippen molar-refractivity contribution in [2.45, 2.75) is 6.54 Å². The van der Waals surface area contributed by atoms with Crippen LogP contribution in [0.5, 0.6) is 0 Å². The molecule has 0 aliphatic carbocycles. The Bertz CT molecular complexity index is 753. The summed E-state index contributed by atoms with van der Waals surface area (Å²) >= 11 is 0. The van der Waals surface area contributed by atoms with Gasteiger partial charge in [-0.3, -0.25) is 13.9 Å². The molecule has 0 bridgehead atoms. The van der Waals surface area contributed by atoms with Gasteiger partial charge in [-0.1, -0.05) is 36.4 Å². The van der Waals surface area contributed by atoms with Crippen LogP contribution in [0.4, 0.5) is 11.5 Å². The van der Waals surface area contributed by atoms with Crippen LogP contribution in [0.15, 0.2) is 52.6 Å². The molecular formula is C16H20N4O2. The number of anilines is 2. The normalized spacial score (nSPS) is 10.5. The number of benzene rings is 1. The monoisotopic (exact) mass is 300 g/mol. The number of nitrogen functional groups attached to an aromatic ring is 1. The van der Waals surface area contributed by atoms with E-state index in [-0.39, 0.29) is 5.69 Å². The van der Waals surface area contributed by atoms with E-state index in [4.69, 9.17) is 5.73 Å². The Morgan fingerprint density at radius 2 is 1.82 bits per heavy atom. The second kappa shape index (κ2) is 6.34. The van der Waals surface area contributed by atoms with E-state index in [2.05, 4.69) is 6.58 Å². The summed E-state index contributed by atoms with van der Waals surface area (Å²) in [4.78, 5) is 26.1. The summed E-state index contributed by atoms with van der Waals surface area (Å²) in [5.74, 6) is 0.414. The first-order chi connectivity index (χ1) is 10.5. The third-order valence-corrected chi connectivity index (χ3v) is 3.53. The predicted octanol–water partition coefficient (Wildman–Crippen LogP) is 0.859. The van der Waals surface area contributed by atoms with Gasteiger partial charge >= 0.3 is 5.69 Å². The van der Waals surface area contributed by atoms with Gasteiger partial charge in [0.1, 0.15) is 11.5 Å². The van der Waals surface area contributed by atoms with Gasteiger partial charge in [-0.05, 0) is 5.56 Å². The van der Waals surface area contributed by atoms with Gasteiger partial charge in [-0.2, -0.15) is 0 Å². The molecule has 0 spiro atoms. The third kappa shape index (κ3) is 2.81. The fourth-order valence-corrected chi connectivity index (χ4v) is 2.43. The quantitative estimate of drug-likeness (QED) is 0.831. The standard InChI is InChI=1S/C16H20N4O2/c1-4-10-20(11-12-8-6-5-7-9-12)14-13(17)15(21)19(3)16(22)18(14)2/h4-9H,1,10-11,17H2,2-3H3. The van der Waals surface area contributed by atoms with Crippen LogP contribution < -0.4 is 21.9 Å². The Balaban J connectivity index is 2.56. The van der Waals surface area contributed by atoms with E-state index in [9.17, 15) is 9.59 Å². The Morgan fingerprint density at radius 1 is 1.18 bits per heavy atom. The van der Waals surface area contributed by atoms with Crippen molar-refractivity contribution in [1.29, 1.82) is 0 Å². The average Bonchev–Trinajstić information content (AvgIpc) is 2.52. The van der Waals surface area contributed by atoms with Crippen molar-refractivity contribution >= 4 is 11.5 Å². The topological polar surface area (TPSA) is 73.3 Å². The van der Waals surface area contributed by atoms with Gasteiger partial charge < -0.3 is 10.6 Å². The van der Waals surface area contributed by atoms with E-state index >= 15 is 0 Å². The lowest BCUT2D eigenvalue weighted by Gasteiger charge is -2.26. The van der Waals surface area contributed by atoms with Crippen molar-refractivity contribution in [1.82, 2.24) is 9.13 Å². The Kier molecular flexibility index (Phi) is 4.50. The van der Waals surface area contributed by atoms with Crippen LogP contribution in [0, 0.1) is 0 Å². The highest BCUT2D eigenvalue weighted by Gasteiger charge is 2.18. The van der Waals surface area contributed by atoms with Crippen LogP contribution in [-0.4, -0.2) is 15.7 Å². The maximum atomic E-state index is 12.1. The second-order valence-electron chi connectivity index (χ2n) is 5.10. The highest BCUT2D eigenvalue weighted by molar-refractivity contribution is 5.62. The predicted molar refractivity (Wildman–Crippen MR) is 89.0 cm³/mol. The van der Waals surface area contributed by atoms with Gasteiger partial charge in [0, 0.05) is 27.2 Å². The second-order valence-corrected chi connectivity index (χ2v) is 5.10. The number of nitrogens with zero attached hydrogens (tertiary/aromatic N) is 3. The Morgan fingerprint density at radius 3 is 2.41 bits per heavy atom. The van der Waals surface area contributed by atoms with Crippen molar-refractivity contribution in [2.24, 2.45) is 14.1 Å². The molecule has 2 rings (SSSR count). The number of aromatic nitrogens is 2. The lowest BCUT2D eigenvalue weighted by molar-refractivity contribution is 0.668. The fourth-order valence-electron chi connectivity index (χ4n) is 2.43. The molecule has 0 aliphatic heterocycles. The summed E-state index contributed by atoms with van der Waals surface area (Å²) in [6, 6.07) is 9.77. The first kappa shape index (κ1) is 15.6.